The molecule has 8 heteroatoms. The molecule has 1 saturated heterocycles. The minimum absolute atomic E-state index is 0. The maximum Gasteiger partial charge on any atom is 0.254 e. The second kappa shape index (κ2) is 13.2. The Balaban J connectivity index is 0.00000353. The number of hydrogen-bond donors (Lipinski definition) is 0. The van der Waals surface area contributed by atoms with Gasteiger partial charge in [0, 0.05) is 29.2 Å². The van der Waals surface area contributed by atoms with Gasteiger partial charge in [0.05, 0.1) is 26.9 Å². The second-order valence-electron chi connectivity index (χ2n) is 10.3. The molecule has 4 nitrogen and oxygen atoms in total. The molecule has 0 bridgehead atoms. The first-order valence-corrected chi connectivity index (χ1v) is 15.7. The first-order valence-electron chi connectivity index (χ1n) is 13.4. The minimum atomic E-state index is -0.979. The molecule has 0 spiro atoms. The van der Waals surface area contributed by atoms with Crippen LogP contribution in [0.25, 0.3) is 0 Å². The number of carbonyl (C=O) groups excluding carboxylic acids is 1. The van der Waals surface area contributed by atoms with Crippen molar-refractivity contribution >= 4 is 52.3 Å². The van der Waals surface area contributed by atoms with Gasteiger partial charge in [-0.3, -0.25) is 9.00 Å². The standard InChI is InChI=1S/C31H34Cl2N2O2S.ClH/c1-3-35-30(25-9-4-5-10-26(25)31(35)36)24(22-12-13-27(32)28(33)20-22)16-19-34-17-14-21(15-18-34)23-8-6-7-11-29(23)38(2)37;/h4-13,20-21,24,30H,3,14-19H2,1-2H3;1H/t24?,30-,38?;/m1./s1. The molecule has 0 aliphatic carbocycles. The SMILES string of the molecule is CCN1C(=O)c2ccccc2[C@H]1C(CCN1CCC(c2ccccc2S(C)=O)CC1)c1ccc(Cl)c(Cl)c1.Cl. The van der Waals surface area contributed by atoms with Crippen LogP contribution in [0.3, 0.4) is 0 Å². The molecule has 39 heavy (non-hydrogen) atoms. The largest absolute Gasteiger partial charge is 0.331 e. The summed E-state index contributed by atoms with van der Waals surface area (Å²) in [7, 11) is -0.979. The fourth-order valence-electron chi connectivity index (χ4n) is 6.29. The van der Waals surface area contributed by atoms with E-state index in [4.69, 9.17) is 23.2 Å². The molecule has 2 unspecified atom stereocenters. The lowest BCUT2D eigenvalue weighted by atomic mass is 9.83. The molecule has 5 rings (SSSR count). The Labute approximate surface area is 250 Å². The summed E-state index contributed by atoms with van der Waals surface area (Å²) in [5, 5.41) is 1.09. The van der Waals surface area contributed by atoms with Gasteiger partial charge in [-0.2, -0.15) is 0 Å². The molecule has 3 aromatic carbocycles. The molecule has 3 atom stereocenters. The Bertz CT molecular complexity index is 1340. The zero-order valence-corrected chi connectivity index (χ0v) is 25.5. The predicted octanol–water partition coefficient (Wildman–Crippen LogP) is 7.72. The Kier molecular flexibility index (Phi) is 10.2. The van der Waals surface area contributed by atoms with Gasteiger partial charge in [-0.25, -0.2) is 0 Å². The zero-order chi connectivity index (χ0) is 26.8. The summed E-state index contributed by atoms with van der Waals surface area (Å²) in [5.74, 6) is 0.636. The molecule has 2 heterocycles. The van der Waals surface area contributed by atoms with E-state index in [9.17, 15) is 9.00 Å². The third-order valence-electron chi connectivity index (χ3n) is 8.21. The lowest BCUT2D eigenvalue weighted by Gasteiger charge is -2.36. The van der Waals surface area contributed by atoms with Crippen molar-refractivity contribution in [2.24, 2.45) is 0 Å². The van der Waals surface area contributed by atoms with E-state index in [1.165, 1.54) is 5.56 Å². The average molecular weight is 606 g/mol. The van der Waals surface area contributed by atoms with Crippen LogP contribution in [-0.2, 0) is 10.8 Å². The molecule has 0 saturated carbocycles. The highest BCUT2D eigenvalue weighted by Gasteiger charge is 2.41. The lowest BCUT2D eigenvalue weighted by Crippen LogP contribution is -2.36. The van der Waals surface area contributed by atoms with Crippen LogP contribution < -0.4 is 0 Å². The molecule has 2 aliphatic heterocycles. The smallest absolute Gasteiger partial charge is 0.254 e. The monoisotopic (exact) mass is 604 g/mol. The van der Waals surface area contributed by atoms with Gasteiger partial charge in [-0.05, 0) is 92.7 Å². The summed E-state index contributed by atoms with van der Waals surface area (Å²) in [6.45, 7) is 5.64. The Morgan fingerprint density at radius 3 is 2.28 bits per heavy atom. The van der Waals surface area contributed by atoms with Crippen molar-refractivity contribution in [3.05, 3.63) is 99.0 Å². The number of nitrogens with zero attached hydrogens (tertiary/aromatic N) is 2. The Morgan fingerprint density at radius 1 is 0.949 bits per heavy atom. The topological polar surface area (TPSA) is 40.6 Å². The quantitative estimate of drug-likeness (QED) is 0.264. The number of hydrogen-bond acceptors (Lipinski definition) is 3. The Morgan fingerprint density at radius 2 is 1.62 bits per heavy atom. The first kappa shape index (κ1) is 30.1. The number of rotatable bonds is 8. The highest BCUT2D eigenvalue weighted by molar-refractivity contribution is 7.84. The molecule has 1 amide bonds. The van der Waals surface area contributed by atoms with E-state index in [2.05, 4.69) is 36.1 Å². The van der Waals surface area contributed by atoms with E-state index >= 15 is 0 Å². The summed E-state index contributed by atoms with van der Waals surface area (Å²) in [6.07, 6.45) is 4.78. The maximum absolute atomic E-state index is 13.3. The number of amides is 1. The summed E-state index contributed by atoms with van der Waals surface area (Å²) in [6, 6.07) is 22.0. The lowest BCUT2D eigenvalue weighted by molar-refractivity contribution is 0.0703. The second-order valence-corrected chi connectivity index (χ2v) is 12.5. The number of fused-ring (bicyclic) bond motifs is 1. The van der Waals surface area contributed by atoms with Crippen LogP contribution >= 0.6 is 35.6 Å². The number of halogens is 3. The van der Waals surface area contributed by atoms with Gasteiger partial charge in [0.2, 0.25) is 0 Å². The molecule has 1 fully saturated rings. The summed E-state index contributed by atoms with van der Waals surface area (Å²) in [4.78, 5) is 18.8. The van der Waals surface area contributed by atoms with E-state index in [1.54, 1.807) is 6.26 Å². The van der Waals surface area contributed by atoms with E-state index in [1.807, 2.05) is 47.4 Å². The van der Waals surface area contributed by atoms with E-state index < -0.39 is 10.8 Å². The molecular formula is C31H35Cl3N2O2S. The van der Waals surface area contributed by atoms with E-state index in [-0.39, 0.29) is 30.3 Å². The van der Waals surface area contributed by atoms with E-state index in [0.29, 0.717) is 22.5 Å². The first-order chi connectivity index (χ1) is 18.4. The van der Waals surface area contributed by atoms with Crippen molar-refractivity contribution in [1.82, 2.24) is 9.80 Å². The Hall–Kier alpha value is -1.89. The molecule has 3 aromatic rings. The molecule has 0 radical (unpaired) electrons. The molecular weight excluding hydrogens is 571 g/mol. The van der Waals surface area contributed by atoms with Gasteiger partial charge in [0.25, 0.3) is 5.91 Å². The van der Waals surface area contributed by atoms with Crippen molar-refractivity contribution in [2.45, 2.75) is 49.0 Å². The van der Waals surface area contributed by atoms with Crippen LogP contribution in [0.1, 0.15) is 71.1 Å². The van der Waals surface area contributed by atoms with Crippen LogP contribution in [0.2, 0.25) is 10.0 Å². The van der Waals surface area contributed by atoms with Gasteiger partial charge in [-0.15, -0.1) is 12.4 Å². The van der Waals surface area contributed by atoms with Crippen molar-refractivity contribution in [3.63, 3.8) is 0 Å². The number of likely N-dealkylation sites (tertiary alicyclic amines) is 1. The third kappa shape index (κ3) is 6.23. The summed E-state index contributed by atoms with van der Waals surface area (Å²) < 4.78 is 12.3. The van der Waals surface area contributed by atoms with Crippen LogP contribution in [-0.4, -0.2) is 52.4 Å². The number of benzene rings is 3. The number of likely N-dealkylation sites (N-methyl/N-ethyl adjacent to an activating group) is 1. The van der Waals surface area contributed by atoms with E-state index in [0.717, 1.165) is 60.5 Å². The third-order valence-corrected chi connectivity index (χ3v) is 9.94. The fourth-order valence-corrected chi connectivity index (χ4v) is 7.43. The van der Waals surface area contributed by atoms with Crippen LogP contribution in [0.5, 0.6) is 0 Å². The highest BCUT2D eigenvalue weighted by Crippen LogP contribution is 2.45. The van der Waals surface area contributed by atoms with Gasteiger partial charge in [0.1, 0.15) is 0 Å². The highest BCUT2D eigenvalue weighted by atomic mass is 35.5. The predicted molar refractivity (Wildman–Crippen MR) is 164 cm³/mol. The van der Waals surface area contributed by atoms with Crippen molar-refractivity contribution in [1.29, 1.82) is 0 Å². The van der Waals surface area contributed by atoms with Gasteiger partial charge in [-0.1, -0.05) is 65.7 Å². The van der Waals surface area contributed by atoms with Crippen molar-refractivity contribution in [2.75, 3.05) is 32.4 Å². The maximum atomic E-state index is 13.3. The number of piperidine rings is 1. The van der Waals surface area contributed by atoms with Gasteiger partial charge < -0.3 is 9.80 Å². The fraction of sp³-hybridized carbons (Fsp3) is 0.387. The molecule has 208 valence electrons. The zero-order valence-electron chi connectivity index (χ0n) is 22.3. The molecule has 2 aliphatic rings. The minimum Gasteiger partial charge on any atom is -0.331 e. The van der Waals surface area contributed by atoms with Crippen LogP contribution in [0.4, 0.5) is 0 Å². The van der Waals surface area contributed by atoms with Crippen LogP contribution in [0, 0.1) is 0 Å². The average Bonchev–Trinajstić information content (AvgIpc) is 3.22. The summed E-state index contributed by atoms with van der Waals surface area (Å²) >= 11 is 12.8. The van der Waals surface area contributed by atoms with Crippen molar-refractivity contribution < 1.29 is 9.00 Å². The summed E-state index contributed by atoms with van der Waals surface area (Å²) in [5.41, 5.74) is 4.25. The van der Waals surface area contributed by atoms with Gasteiger partial charge >= 0.3 is 0 Å². The molecule has 0 N–H and O–H groups in total. The van der Waals surface area contributed by atoms with Gasteiger partial charge in [0.15, 0.2) is 0 Å². The number of carbonyl (C=O) groups is 1. The van der Waals surface area contributed by atoms with Crippen molar-refractivity contribution in [3.8, 4) is 0 Å². The van der Waals surface area contributed by atoms with Crippen LogP contribution in [0.15, 0.2) is 71.6 Å². The normalized spacial score (nSPS) is 19.4. The molecule has 0 aromatic heterocycles.